The molecule has 2 rings (SSSR count). The van der Waals surface area contributed by atoms with Crippen molar-refractivity contribution in [2.45, 2.75) is 36.6 Å². The quantitative estimate of drug-likeness (QED) is 0.694. The van der Waals surface area contributed by atoms with Gasteiger partial charge in [-0.05, 0) is 31.5 Å². The van der Waals surface area contributed by atoms with Crippen LogP contribution in [0, 0.1) is 6.92 Å². The summed E-state index contributed by atoms with van der Waals surface area (Å²) >= 11 is 11.3. The van der Waals surface area contributed by atoms with Gasteiger partial charge in [-0.3, -0.25) is 0 Å². The highest BCUT2D eigenvalue weighted by molar-refractivity contribution is 9.10. The molecule has 0 N–H and O–H groups in total. The first-order valence-corrected chi connectivity index (χ1v) is 8.05. The molecular formula is C14H14BrClN2S. The Morgan fingerprint density at radius 2 is 2.11 bits per heavy atom. The van der Waals surface area contributed by atoms with E-state index in [1.807, 2.05) is 19.1 Å². The van der Waals surface area contributed by atoms with E-state index in [4.69, 9.17) is 11.6 Å². The minimum Gasteiger partial charge on any atom is -0.226 e. The fourth-order valence-electron chi connectivity index (χ4n) is 1.59. The van der Waals surface area contributed by atoms with E-state index in [-0.39, 0.29) is 0 Å². The van der Waals surface area contributed by atoms with Gasteiger partial charge in [-0.1, -0.05) is 52.3 Å². The molecule has 0 bridgehead atoms. The summed E-state index contributed by atoms with van der Waals surface area (Å²) in [7, 11) is 0. The van der Waals surface area contributed by atoms with E-state index in [9.17, 15) is 0 Å². The van der Waals surface area contributed by atoms with Crippen LogP contribution in [-0.4, -0.2) is 9.97 Å². The minimum absolute atomic E-state index is 0.552. The summed E-state index contributed by atoms with van der Waals surface area (Å²) in [4.78, 5) is 10.0. The normalized spacial score (nSPS) is 10.7. The number of halogens is 2. The Balaban J connectivity index is 2.33. The Morgan fingerprint density at radius 3 is 2.79 bits per heavy atom. The maximum atomic E-state index is 6.18. The zero-order valence-electron chi connectivity index (χ0n) is 10.8. The van der Waals surface area contributed by atoms with E-state index in [0.717, 1.165) is 38.6 Å². The molecule has 1 aromatic heterocycles. The van der Waals surface area contributed by atoms with Crippen LogP contribution in [-0.2, 0) is 6.42 Å². The van der Waals surface area contributed by atoms with Gasteiger partial charge in [0.05, 0.1) is 0 Å². The maximum Gasteiger partial charge on any atom is 0.136 e. The molecule has 0 aliphatic heterocycles. The topological polar surface area (TPSA) is 25.8 Å². The molecule has 0 unspecified atom stereocenters. The predicted octanol–water partition coefficient (Wildman–Crippen LogP) is 5.30. The van der Waals surface area contributed by atoms with Crippen LogP contribution in [0.2, 0.25) is 5.15 Å². The van der Waals surface area contributed by atoms with Crippen molar-refractivity contribution in [2.24, 2.45) is 0 Å². The molecule has 100 valence electrons. The fraction of sp³-hybridized carbons (Fsp3) is 0.286. The second-order valence-corrected chi connectivity index (χ2v) is 6.51. The molecule has 0 amide bonds. The Labute approximate surface area is 131 Å². The van der Waals surface area contributed by atoms with E-state index in [0.29, 0.717) is 5.15 Å². The lowest BCUT2D eigenvalue weighted by molar-refractivity contribution is 0.801. The smallest absolute Gasteiger partial charge is 0.136 e. The molecule has 0 atom stereocenters. The molecule has 5 heteroatoms. The van der Waals surface area contributed by atoms with Gasteiger partial charge in [0.1, 0.15) is 16.0 Å². The lowest BCUT2D eigenvalue weighted by atomic mass is 10.3. The van der Waals surface area contributed by atoms with Crippen LogP contribution in [0.5, 0.6) is 0 Å². The molecule has 0 saturated carbocycles. The molecule has 1 heterocycles. The molecule has 0 aliphatic rings. The Hall–Kier alpha value is -0.580. The number of hydrogen-bond acceptors (Lipinski definition) is 3. The molecule has 0 spiro atoms. The third-order valence-corrected chi connectivity index (χ3v) is 4.51. The van der Waals surface area contributed by atoms with Gasteiger partial charge in [-0.15, -0.1) is 0 Å². The fourth-order valence-corrected chi connectivity index (χ4v) is 3.34. The number of aromatic nitrogens is 2. The summed E-state index contributed by atoms with van der Waals surface area (Å²) in [6, 6.07) is 8.15. The van der Waals surface area contributed by atoms with Crippen molar-refractivity contribution >= 4 is 39.3 Å². The third kappa shape index (κ3) is 3.94. The number of rotatable bonds is 4. The average Bonchev–Trinajstić information content (AvgIpc) is 2.36. The molecule has 19 heavy (non-hydrogen) atoms. The summed E-state index contributed by atoms with van der Waals surface area (Å²) in [5.74, 6) is 0.815. The summed E-state index contributed by atoms with van der Waals surface area (Å²) < 4.78 is 1.06. The second kappa shape index (κ2) is 6.73. The van der Waals surface area contributed by atoms with Crippen LogP contribution in [0.4, 0.5) is 0 Å². The van der Waals surface area contributed by atoms with Crippen molar-refractivity contribution in [2.75, 3.05) is 0 Å². The number of hydrogen-bond donors (Lipinski definition) is 0. The molecule has 2 aromatic rings. The van der Waals surface area contributed by atoms with E-state index in [1.165, 1.54) is 0 Å². The zero-order valence-corrected chi connectivity index (χ0v) is 13.9. The predicted molar refractivity (Wildman–Crippen MR) is 84.0 cm³/mol. The summed E-state index contributed by atoms with van der Waals surface area (Å²) in [5.41, 5.74) is 0.937. The van der Waals surface area contributed by atoms with E-state index >= 15 is 0 Å². The van der Waals surface area contributed by atoms with Gasteiger partial charge in [-0.2, -0.15) is 0 Å². The van der Waals surface area contributed by atoms with Crippen molar-refractivity contribution in [3.8, 4) is 0 Å². The first kappa shape index (κ1) is 14.8. The van der Waals surface area contributed by atoms with Crippen LogP contribution in [0.25, 0.3) is 0 Å². The maximum absolute atomic E-state index is 6.18. The first-order chi connectivity index (χ1) is 9.10. The molecule has 0 fully saturated rings. The molecule has 0 radical (unpaired) electrons. The standard InChI is InChI=1S/C14H14BrClN2S/c1-3-5-12-17-13(16)9(2)14(18-12)19-11-7-4-6-10(15)8-11/h4,6-8H,3,5H2,1-2H3. The van der Waals surface area contributed by atoms with Crippen LogP contribution >= 0.6 is 39.3 Å². The van der Waals surface area contributed by atoms with Crippen molar-refractivity contribution in [1.82, 2.24) is 9.97 Å². The van der Waals surface area contributed by atoms with Crippen LogP contribution in [0.3, 0.4) is 0 Å². The van der Waals surface area contributed by atoms with Gasteiger partial charge in [0.2, 0.25) is 0 Å². The summed E-state index contributed by atoms with van der Waals surface area (Å²) in [5, 5.41) is 1.48. The SMILES string of the molecule is CCCc1nc(Cl)c(C)c(Sc2cccc(Br)c2)n1. The Morgan fingerprint density at radius 1 is 1.32 bits per heavy atom. The van der Waals surface area contributed by atoms with Crippen molar-refractivity contribution < 1.29 is 0 Å². The highest BCUT2D eigenvalue weighted by Gasteiger charge is 2.10. The van der Waals surface area contributed by atoms with Crippen LogP contribution < -0.4 is 0 Å². The number of benzene rings is 1. The van der Waals surface area contributed by atoms with Gasteiger partial charge < -0.3 is 0 Å². The molecular weight excluding hydrogens is 344 g/mol. The van der Waals surface area contributed by atoms with Gasteiger partial charge >= 0.3 is 0 Å². The molecule has 2 nitrogen and oxygen atoms in total. The largest absolute Gasteiger partial charge is 0.226 e. The van der Waals surface area contributed by atoms with E-state index in [1.54, 1.807) is 11.8 Å². The zero-order chi connectivity index (χ0) is 13.8. The van der Waals surface area contributed by atoms with E-state index in [2.05, 4.69) is 45.0 Å². The second-order valence-electron chi connectivity index (χ2n) is 4.17. The van der Waals surface area contributed by atoms with Crippen molar-refractivity contribution in [1.29, 1.82) is 0 Å². The van der Waals surface area contributed by atoms with E-state index < -0.39 is 0 Å². The molecule has 1 aromatic carbocycles. The monoisotopic (exact) mass is 356 g/mol. The van der Waals surface area contributed by atoms with Crippen LogP contribution in [0.1, 0.15) is 24.7 Å². The highest BCUT2D eigenvalue weighted by Crippen LogP contribution is 2.32. The summed E-state index contributed by atoms with van der Waals surface area (Å²) in [6.45, 7) is 4.07. The van der Waals surface area contributed by atoms with Gasteiger partial charge in [0.25, 0.3) is 0 Å². The summed E-state index contributed by atoms with van der Waals surface area (Å²) in [6.07, 6.45) is 1.87. The third-order valence-electron chi connectivity index (χ3n) is 2.57. The number of nitrogens with zero attached hydrogens (tertiary/aromatic N) is 2. The van der Waals surface area contributed by atoms with Gasteiger partial charge in [-0.25, -0.2) is 9.97 Å². The molecule has 0 aliphatic carbocycles. The number of aryl methyl sites for hydroxylation is 1. The molecule has 0 saturated heterocycles. The van der Waals surface area contributed by atoms with Crippen molar-refractivity contribution in [3.05, 3.63) is 45.3 Å². The average molecular weight is 358 g/mol. The first-order valence-electron chi connectivity index (χ1n) is 6.06. The lowest BCUT2D eigenvalue weighted by Gasteiger charge is -2.08. The van der Waals surface area contributed by atoms with Crippen molar-refractivity contribution in [3.63, 3.8) is 0 Å². The van der Waals surface area contributed by atoms with Gasteiger partial charge in [0.15, 0.2) is 0 Å². The Bertz CT molecular complexity index is 590. The minimum atomic E-state index is 0.552. The van der Waals surface area contributed by atoms with Crippen LogP contribution in [0.15, 0.2) is 38.7 Å². The highest BCUT2D eigenvalue weighted by atomic mass is 79.9. The van der Waals surface area contributed by atoms with Gasteiger partial charge in [0, 0.05) is 21.4 Å². The lowest BCUT2D eigenvalue weighted by Crippen LogP contribution is -1.99. The Kier molecular flexibility index (Phi) is 5.25.